The highest BCUT2D eigenvalue weighted by Crippen LogP contribution is 2.33. The number of aromatic nitrogens is 2. The predicted octanol–water partition coefficient (Wildman–Crippen LogP) is 2.99. The predicted molar refractivity (Wildman–Crippen MR) is 80.3 cm³/mol. The van der Waals surface area contributed by atoms with Crippen LogP contribution in [0.5, 0.6) is 5.75 Å². The van der Waals surface area contributed by atoms with Crippen molar-refractivity contribution in [1.29, 1.82) is 0 Å². The fourth-order valence-electron chi connectivity index (χ4n) is 2.91. The summed E-state index contributed by atoms with van der Waals surface area (Å²) in [6, 6.07) is 8.36. The molecular weight excluding hydrogens is 266 g/mol. The molecule has 0 amide bonds. The average Bonchev–Trinajstić information content (AvgIpc) is 3.05. The van der Waals surface area contributed by atoms with Crippen molar-refractivity contribution in [2.45, 2.75) is 37.6 Å². The van der Waals surface area contributed by atoms with Crippen molar-refractivity contribution in [3.63, 3.8) is 0 Å². The van der Waals surface area contributed by atoms with E-state index in [-0.39, 0.29) is 0 Å². The van der Waals surface area contributed by atoms with Crippen molar-refractivity contribution in [1.82, 2.24) is 15.5 Å². The lowest BCUT2D eigenvalue weighted by molar-refractivity contribution is 0.289. The van der Waals surface area contributed by atoms with Gasteiger partial charge in [0.1, 0.15) is 5.75 Å². The van der Waals surface area contributed by atoms with Crippen LogP contribution in [-0.2, 0) is 0 Å². The van der Waals surface area contributed by atoms with E-state index in [1.54, 1.807) is 7.11 Å². The van der Waals surface area contributed by atoms with Crippen LogP contribution >= 0.6 is 0 Å². The van der Waals surface area contributed by atoms with Gasteiger partial charge >= 0.3 is 0 Å². The molecule has 1 fully saturated rings. The van der Waals surface area contributed by atoms with Crippen LogP contribution in [0.3, 0.4) is 0 Å². The molecule has 5 heteroatoms. The minimum absolute atomic E-state index is 0.390. The van der Waals surface area contributed by atoms with Crippen molar-refractivity contribution in [2.75, 3.05) is 14.2 Å². The highest BCUT2D eigenvalue weighted by molar-refractivity contribution is 5.56. The molecule has 0 radical (unpaired) electrons. The van der Waals surface area contributed by atoms with E-state index in [1.807, 2.05) is 31.3 Å². The lowest BCUT2D eigenvalue weighted by Gasteiger charge is -2.25. The molecule has 112 valence electrons. The average molecular weight is 287 g/mol. The molecule has 0 atom stereocenters. The molecule has 1 aliphatic carbocycles. The third kappa shape index (κ3) is 3.08. The summed E-state index contributed by atoms with van der Waals surface area (Å²) < 4.78 is 10.7. The van der Waals surface area contributed by atoms with Crippen LogP contribution in [-0.4, -0.2) is 30.3 Å². The van der Waals surface area contributed by atoms with E-state index >= 15 is 0 Å². The zero-order valence-corrected chi connectivity index (χ0v) is 12.5. The van der Waals surface area contributed by atoms with Gasteiger partial charge < -0.3 is 14.6 Å². The number of rotatable bonds is 4. The SMILES string of the molecule is CNC1CCC(c2nc(-c3cccc(OC)c3)no2)CC1. The molecule has 1 aromatic heterocycles. The maximum absolute atomic E-state index is 5.48. The van der Waals surface area contributed by atoms with Gasteiger partial charge in [0.15, 0.2) is 0 Å². The molecule has 1 aromatic carbocycles. The largest absolute Gasteiger partial charge is 0.497 e. The fourth-order valence-corrected chi connectivity index (χ4v) is 2.91. The van der Waals surface area contributed by atoms with Gasteiger partial charge in [-0.25, -0.2) is 0 Å². The maximum Gasteiger partial charge on any atom is 0.230 e. The number of ether oxygens (including phenoxy) is 1. The number of hydrogen-bond acceptors (Lipinski definition) is 5. The minimum Gasteiger partial charge on any atom is -0.497 e. The Morgan fingerprint density at radius 3 is 2.76 bits per heavy atom. The Hall–Kier alpha value is -1.88. The minimum atomic E-state index is 0.390. The van der Waals surface area contributed by atoms with Gasteiger partial charge in [0.2, 0.25) is 11.7 Å². The van der Waals surface area contributed by atoms with E-state index < -0.39 is 0 Å². The summed E-state index contributed by atoms with van der Waals surface area (Å²) in [5, 5.41) is 7.46. The first-order chi connectivity index (χ1) is 10.3. The number of benzene rings is 1. The molecule has 1 saturated carbocycles. The summed E-state index contributed by atoms with van der Waals surface area (Å²) in [7, 11) is 3.68. The molecule has 3 rings (SSSR count). The molecule has 1 heterocycles. The number of nitrogens with one attached hydrogen (secondary N) is 1. The van der Waals surface area contributed by atoms with Gasteiger partial charge in [0.05, 0.1) is 7.11 Å². The second kappa shape index (κ2) is 6.26. The van der Waals surface area contributed by atoms with Gasteiger partial charge in [-0.3, -0.25) is 0 Å². The summed E-state index contributed by atoms with van der Waals surface area (Å²) in [4.78, 5) is 4.58. The number of hydrogen-bond donors (Lipinski definition) is 1. The van der Waals surface area contributed by atoms with E-state index in [2.05, 4.69) is 15.5 Å². The molecular formula is C16H21N3O2. The second-order valence-electron chi connectivity index (χ2n) is 5.53. The second-order valence-corrected chi connectivity index (χ2v) is 5.53. The normalized spacial score (nSPS) is 22.2. The van der Waals surface area contributed by atoms with E-state index in [1.165, 1.54) is 0 Å². The molecule has 0 bridgehead atoms. The summed E-state index contributed by atoms with van der Waals surface area (Å²) in [6.45, 7) is 0. The Bertz CT molecular complexity index is 589. The molecule has 0 saturated heterocycles. The smallest absolute Gasteiger partial charge is 0.230 e. The molecule has 0 spiro atoms. The van der Waals surface area contributed by atoms with E-state index in [9.17, 15) is 0 Å². The quantitative estimate of drug-likeness (QED) is 0.936. The van der Waals surface area contributed by atoms with Crippen LogP contribution < -0.4 is 10.1 Å². The zero-order chi connectivity index (χ0) is 14.7. The standard InChI is InChI=1S/C16H21N3O2/c1-17-13-8-6-11(7-9-13)16-18-15(19-21-16)12-4-3-5-14(10-12)20-2/h3-5,10-11,13,17H,6-9H2,1-2H3. The Balaban J connectivity index is 1.74. The highest BCUT2D eigenvalue weighted by Gasteiger charge is 2.25. The first-order valence-electron chi connectivity index (χ1n) is 7.45. The van der Waals surface area contributed by atoms with Crippen LogP contribution in [0.15, 0.2) is 28.8 Å². The van der Waals surface area contributed by atoms with E-state index in [0.29, 0.717) is 17.8 Å². The van der Waals surface area contributed by atoms with Crippen molar-refractivity contribution in [3.05, 3.63) is 30.2 Å². The van der Waals surface area contributed by atoms with Gasteiger partial charge in [-0.2, -0.15) is 4.98 Å². The van der Waals surface area contributed by atoms with Gasteiger partial charge in [-0.05, 0) is 44.9 Å². The van der Waals surface area contributed by atoms with Crippen LogP contribution in [0.25, 0.3) is 11.4 Å². The fraction of sp³-hybridized carbons (Fsp3) is 0.500. The van der Waals surface area contributed by atoms with Crippen molar-refractivity contribution in [2.24, 2.45) is 0 Å². The van der Waals surface area contributed by atoms with Crippen LogP contribution in [0, 0.1) is 0 Å². The lowest BCUT2D eigenvalue weighted by atomic mass is 9.86. The van der Waals surface area contributed by atoms with Gasteiger partial charge in [-0.1, -0.05) is 17.3 Å². The van der Waals surface area contributed by atoms with Crippen molar-refractivity contribution in [3.8, 4) is 17.1 Å². The van der Waals surface area contributed by atoms with Crippen LogP contribution in [0.2, 0.25) is 0 Å². The molecule has 21 heavy (non-hydrogen) atoms. The van der Waals surface area contributed by atoms with Crippen LogP contribution in [0.4, 0.5) is 0 Å². The molecule has 1 aliphatic rings. The third-order valence-corrected chi connectivity index (χ3v) is 4.25. The Labute approximate surface area is 124 Å². The Morgan fingerprint density at radius 2 is 2.05 bits per heavy atom. The highest BCUT2D eigenvalue weighted by atomic mass is 16.5. The van der Waals surface area contributed by atoms with Gasteiger partial charge in [-0.15, -0.1) is 0 Å². The summed E-state index contributed by atoms with van der Waals surface area (Å²) in [5.41, 5.74) is 0.924. The topological polar surface area (TPSA) is 60.2 Å². The molecule has 1 N–H and O–H groups in total. The Kier molecular flexibility index (Phi) is 4.20. The van der Waals surface area contributed by atoms with Gasteiger partial charge in [0, 0.05) is 17.5 Å². The van der Waals surface area contributed by atoms with E-state index in [4.69, 9.17) is 9.26 Å². The number of nitrogens with zero attached hydrogens (tertiary/aromatic N) is 2. The summed E-state index contributed by atoms with van der Waals surface area (Å²) >= 11 is 0. The molecule has 0 aliphatic heterocycles. The number of methoxy groups -OCH3 is 1. The van der Waals surface area contributed by atoms with E-state index in [0.717, 1.165) is 42.9 Å². The molecule has 5 nitrogen and oxygen atoms in total. The molecule has 0 unspecified atom stereocenters. The first kappa shape index (κ1) is 14.1. The van der Waals surface area contributed by atoms with Crippen molar-refractivity contribution < 1.29 is 9.26 Å². The summed E-state index contributed by atoms with van der Waals surface area (Å²) in [6.07, 6.45) is 4.53. The Morgan fingerprint density at radius 1 is 1.24 bits per heavy atom. The van der Waals surface area contributed by atoms with Gasteiger partial charge in [0.25, 0.3) is 0 Å². The third-order valence-electron chi connectivity index (χ3n) is 4.25. The first-order valence-corrected chi connectivity index (χ1v) is 7.45. The van der Waals surface area contributed by atoms with Crippen molar-refractivity contribution >= 4 is 0 Å². The maximum atomic E-state index is 5.48. The molecule has 2 aromatic rings. The zero-order valence-electron chi connectivity index (χ0n) is 12.5. The summed E-state index contributed by atoms with van der Waals surface area (Å²) in [5.74, 6) is 2.59. The monoisotopic (exact) mass is 287 g/mol. The van der Waals surface area contributed by atoms with Crippen LogP contribution in [0.1, 0.15) is 37.5 Å². The lowest BCUT2D eigenvalue weighted by Crippen LogP contribution is -2.29.